The lowest BCUT2D eigenvalue weighted by Crippen LogP contribution is -2.54. The number of aromatic nitrogens is 2. The third kappa shape index (κ3) is 6.91. The van der Waals surface area contributed by atoms with E-state index in [-0.39, 0.29) is 12.8 Å². The quantitative estimate of drug-likeness (QED) is 0.101. The number of hydrogen-bond acceptors (Lipinski definition) is 9. The van der Waals surface area contributed by atoms with Gasteiger partial charge in [-0.05, 0) is 113 Å². The molecule has 53 heavy (non-hydrogen) atoms. The molecule has 1 atom stereocenters. The third-order valence-electron chi connectivity index (χ3n) is 10.4. The van der Waals surface area contributed by atoms with E-state index < -0.39 is 29.7 Å². The number of carbonyl (C=O) groups is 4. The molecule has 1 fully saturated rings. The van der Waals surface area contributed by atoms with Gasteiger partial charge in [-0.1, -0.05) is 53.5 Å². The zero-order valence-electron chi connectivity index (χ0n) is 30.7. The van der Waals surface area contributed by atoms with Crippen molar-refractivity contribution >= 4 is 35.0 Å². The Balaban J connectivity index is 1.03. The number of piperidine rings is 1. The Morgan fingerprint density at radius 3 is 2.04 bits per heavy atom. The molecule has 5 aromatic rings. The first-order valence-corrected chi connectivity index (χ1v) is 18.2. The standard InChI is InChI=1S/C42H43N5O6/c1-24-11-13-31(39-26(3)45-53-28(39)5)23-36(24)46(32-16-14-30(15-17-32)38-25(2)44-52-27(38)4)21-9-7-6-8-10-29-12-18-33-34(22-29)42(51)47(41(33)50)35-19-20-37(48)43-40(35)49/h11-18,22-23,35H,6-10,19-21H2,1-5H3,(H,43,48,49). The Hall–Kier alpha value is -5.84. The van der Waals surface area contributed by atoms with Gasteiger partial charge < -0.3 is 13.9 Å². The fourth-order valence-electron chi connectivity index (χ4n) is 7.67. The summed E-state index contributed by atoms with van der Waals surface area (Å²) in [5, 5.41) is 10.6. The second-order valence-electron chi connectivity index (χ2n) is 14.1. The molecule has 2 aliphatic heterocycles. The number of anilines is 2. The molecule has 4 heterocycles. The van der Waals surface area contributed by atoms with Crippen molar-refractivity contribution in [3.63, 3.8) is 0 Å². The maximum Gasteiger partial charge on any atom is 0.262 e. The smallest absolute Gasteiger partial charge is 0.262 e. The molecule has 0 saturated carbocycles. The summed E-state index contributed by atoms with van der Waals surface area (Å²) in [6, 6.07) is 19.5. The van der Waals surface area contributed by atoms with Gasteiger partial charge in [-0.2, -0.15) is 0 Å². The second kappa shape index (κ2) is 14.7. The third-order valence-corrected chi connectivity index (χ3v) is 10.4. The molecule has 11 nitrogen and oxygen atoms in total. The molecule has 2 aromatic heterocycles. The minimum absolute atomic E-state index is 0.0942. The van der Waals surface area contributed by atoms with Crippen LogP contribution in [0.15, 0.2) is 69.7 Å². The van der Waals surface area contributed by atoms with E-state index in [0.29, 0.717) is 11.1 Å². The van der Waals surface area contributed by atoms with Crippen LogP contribution in [-0.4, -0.2) is 51.4 Å². The van der Waals surface area contributed by atoms with E-state index in [2.05, 4.69) is 69.9 Å². The molecule has 1 saturated heterocycles. The molecule has 0 spiro atoms. The van der Waals surface area contributed by atoms with Gasteiger partial charge in [0.05, 0.1) is 22.5 Å². The van der Waals surface area contributed by atoms with Crippen LogP contribution in [-0.2, 0) is 16.0 Å². The maximum absolute atomic E-state index is 13.3. The van der Waals surface area contributed by atoms with Gasteiger partial charge in [0.25, 0.3) is 11.8 Å². The van der Waals surface area contributed by atoms with Gasteiger partial charge in [0.1, 0.15) is 17.6 Å². The zero-order chi connectivity index (χ0) is 37.4. The van der Waals surface area contributed by atoms with Gasteiger partial charge in [-0.25, -0.2) is 0 Å². The molecule has 4 amide bonds. The average molecular weight is 714 g/mol. The van der Waals surface area contributed by atoms with Gasteiger partial charge in [-0.15, -0.1) is 0 Å². The summed E-state index contributed by atoms with van der Waals surface area (Å²) >= 11 is 0. The molecule has 2 aliphatic rings. The summed E-state index contributed by atoms with van der Waals surface area (Å²) in [6.45, 7) is 10.7. The van der Waals surface area contributed by atoms with E-state index >= 15 is 0 Å². The number of aryl methyl sites for hydroxylation is 6. The average Bonchev–Trinajstić information content (AvgIpc) is 3.75. The summed E-state index contributed by atoms with van der Waals surface area (Å²) < 4.78 is 10.9. The number of carbonyl (C=O) groups excluding carboxylic acids is 4. The number of unbranched alkanes of at least 4 members (excludes halogenated alkanes) is 3. The van der Waals surface area contributed by atoms with Gasteiger partial charge in [-0.3, -0.25) is 29.4 Å². The number of benzene rings is 3. The van der Waals surface area contributed by atoms with E-state index in [0.717, 1.165) is 111 Å². The monoisotopic (exact) mass is 713 g/mol. The molecule has 272 valence electrons. The molecule has 1 unspecified atom stereocenters. The van der Waals surface area contributed by atoms with Crippen LogP contribution in [0.25, 0.3) is 22.3 Å². The van der Waals surface area contributed by atoms with Crippen molar-refractivity contribution in [1.82, 2.24) is 20.5 Å². The highest BCUT2D eigenvalue weighted by molar-refractivity contribution is 6.23. The lowest BCUT2D eigenvalue weighted by molar-refractivity contribution is -0.136. The summed E-state index contributed by atoms with van der Waals surface area (Å²) in [5.74, 6) is -0.371. The number of fused-ring (bicyclic) bond motifs is 1. The van der Waals surface area contributed by atoms with E-state index in [9.17, 15) is 19.2 Å². The van der Waals surface area contributed by atoms with Crippen LogP contribution in [0.3, 0.4) is 0 Å². The minimum atomic E-state index is -0.967. The lowest BCUT2D eigenvalue weighted by Gasteiger charge is -2.28. The van der Waals surface area contributed by atoms with Gasteiger partial charge in [0, 0.05) is 35.5 Å². The number of nitrogens with zero attached hydrogens (tertiary/aromatic N) is 4. The molecule has 3 aromatic carbocycles. The molecule has 1 N–H and O–H groups in total. The Bertz CT molecular complexity index is 2190. The Labute approximate surface area is 308 Å². The van der Waals surface area contributed by atoms with Crippen molar-refractivity contribution in [2.75, 3.05) is 11.4 Å². The first kappa shape index (κ1) is 35.6. The van der Waals surface area contributed by atoms with Crippen LogP contribution >= 0.6 is 0 Å². The fraction of sp³-hybridized carbons (Fsp3) is 0.333. The Kier molecular flexibility index (Phi) is 9.83. The van der Waals surface area contributed by atoms with Crippen LogP contribution < -0.4 is 10.2 Å². The van der Waals surface area contributed by atoms with Crippen molar-refractivity contribution in [1.29, 1.82) is 0 Å². The van der Waals surface area contributed by atoms with Crippen molar-refractivity contribution in [2.24, 2.45) is 0 Å². The predicted octanol–water partition coefficient (Wildman–Crippen LogP) is 7.88. The zero-order valence-corrected chi connectivity index (χ0v) is 30.7. The Morgan fingerprint density at radius 2 is 1.38 bits per heavy atom. The molecule has 11 heteroatoms. The number of nitrogens with one attached hydrogen (secondary N) is 1. The van der Waals surface area contributed by atoms with Gasteiger partial charge in [0.15, 0.2) is 0 Å². The second-order valence-corrected chi connectivity index (χ2v) is 14.1. The van der Waals surface area contributed by atoms with Crippen molar-refractivity contribution in [3.8, 4) is 22.3 Å². The highest BCUT2D eigenvalue weighted by atomic mass is 16.5. The summed E-state index contributed by atoms with van der Waals surface area (Å²) in [5.41, 5.74) is 10.9. The van der Waals surface area contributed by atoms with Gasteiger partial charge >= 0.3 is 0 Å². The molecule has 7 rings (SSSR count). The first-order chi connectivity index (χ1) is 25.5. The summed E-state index contributed by atoms with van der Waals surface area (Å²) in [4.78, 5) is 53.8. The van der Waals surface area contributed by atoms with Crippen LogP contribution in [0.5, 0.6) is 0 Å². The molecule has 0 bridgehead atoms. The molecule has 0 radical (unpaired) electrons. The first-order valence-electron chi connectivity index (χ1n) is 18.2. The minimum Gasteiger partial charge on any atom is -0.361 e. The van der Waals surface area contributed by atoms with Crippen LogP contribution in [0.1, 0.15) is 93.3 Å². The maximum atomic E-state index is 13.3. The van der Waals surface area contributed by atoms with E-state index in [1.165, 1.54) is 0 Å². The number of rotatable bonds is 12. The molecular weight excluding hydrogens is 670 g/mol. The van der Waals surface area contributed by atoms with Crippen LogP contribution in [0.4, 0.5) is 11.4 Å². The van der Waals surface area contributed by atoms with E-state index in [1.54, 1.807) is 12.1 Å². The normalized spacial score (nSPS) is 15.6. The SMILES string of the molecule is Cc1ccc(-c2c(C)noc2C)cc1N(CCCCCCc1ccc2c(c1)C(=O)N(C1CCC(=O)NC1=O)C2=O)c1ccc(-c2c(C)noc2C)cc1. The number of imide groups is 2. The largest absolute Gasteiger partial charge is 0.361 e. The van der Waals surface area contributed by atoms with E-state index in [4.69, 9.17) is 9.05 Å². The Morgan fingerprint density at radius 1 is 0.736 bits per heavy atom. The van der Waals surface area contributed by atoms with Gasteiger partial charge in [0.2, 0.25) is 11.8 Å². The summed E-state index contributed by atoms with van der Waals surface area (Å²) in [6.07, 6.45) is 4.87. The van der Waals surface area contributed by atoms with E-state index in [1.807, 2.05) is 33.8 Å². The topological polar surface area (TPSA) is 139 Å². The predicted molar refractivity (Wildman–Crippen MR) is 200 cm³/mol. The van der Waals surface area contributed by atoms with Crippen LogP contribution in [0.2, 0.25) is 0 Å². The lowest BCUT2D eigenvalue weighted by atomic mass is 9.99. The van der Waals surface area contributed by atoms with Crippen LogP contribution in [0, 0.1) is 34.6 Å². The number of hydrogen-bond donors (Lipinski definition) is 1. The van der Waals surface area contributed by atoms with Crippen molar-refractivity contribution in [3.05, 3.63) is 106 Å². The highest BCUT2D eigenvalue weighted by Gasteiger charge is 2.44. The highest BCUT2D eigenvalue weighted by Crippen LogP contribution is 2.37. The number of amides is 4. The fourth-order valence-corrected chi connectivity index (χ4v) is 7.67. The van der Waals surface area contributed by atoms with Crippen molar-refractivity contribution in [2.45, 2.75) is 85.6 Å². The molecular formula is C42H43N5O6. The van der Waals surface area contributed by atoms with Crippen molar-refractivity contribution < 1.29 is 28.2 Å². The summed E-state index contributed by atoms with van der Waals surface area (Å²) in [7, 11) is 0. The molecule has 0 aliphatic carbocycles.